The minimum atomic E-state index is -1.01. The highest BCUT2D eigenvalue weighted by molar-refractivity contribution is 5.91. The van der Waals surface area contributed by atoms with Crippen molar-refractivity contribution in [3.8, 4) is 0 Å². The van der Waals surface area contributed by atoms with Crippen molar-refractivity contribution >= 4 is 11.9 Å². The molecule has 0 saturated carbocycles. The summed E-state index contributed by atoms with van der Waals surface area (Å²) in [6.07, 6.45) is 5.15. The summed E-state index contributed by atoms with van der Waals surface area (Å²) < 4.78 is 5.00. The second-order valence-corrected chi connectivity index (χ2v) is 5.38. The van der Waals surface area contributed by atoms with Crippen molar-refractivity contribution in [1.82, 2.24) is 20.3 Å². The van der Waals surface area contributed by atoms with E-state index in [1.807, 2.05) is 4.90 Å². The zero-order valence-corrected chi connectivity index (χ0v) is 12.2. The number of aryl methyl sites for hydroxylation is 1. The molecule has 2 aromatic heterocycles. The number of carbonyl (C=O) groups is 1. The Morgan fingerprint density at radius 3 is 2.95 bits per heavy atom. The monoisotopic (exact) mass is 303 g/mol. The Morgan fingerprint density at radius 1 is 1.50 bits per heavy atom. The van der Waals surface area contributed by atoms with E-state index in [0.29, 0.717) is 31.3 Å². The third-order valence-electron chi connectivity index (χ3n) is 3.60. The summed E-state index contributed by atoms with van der Waals surface area (Å²) in [5.74, 6) is 0.647. The minimum Gasteiger partial charge on any atom is -0.448 e. The summed E-state index contributed by atoms with van der Waals surface area (Å²) in [6, 6.07) is 1.74. The van der Waals surface area contributed by atoms with Gasteiger partial charge in [0.25, 0.3) is 5.91 Å². The van der Waals surface area contributed by atoms with E-state index in [2.05, 4.69) is 20.3 Å². The second kappa shape index (κ2) is 5.72. The first kappa shape index (κ1) is 14.5. The number of hydrogen-bond acceptors (Lipinski definition) is 7. The van der Waals surface area contributed by atoms with E-state index >= 15 is 0 Å². The van der Waals surface area contributed by atoms with Crippen LogP contribution in [0.15, 0.2) is 29.1 Å². The fraction of sp³-hybridized carbons (Fsp3) is 0.429. The summed E-state index contributed by atoms with van der Waals surface area (Å²) in [5, 5.41) is 13.3. The average Bonchev–Trinajstić information content (AvgIpc) is 3.13. The van der Waals surface area contributed by atoms with E-state index in [0.717, 1.165) is 0 Å². The van der Waals surface area contributed by atoms with Gasteiger partial charge < -0.3 is 19.7 Å². The van der Waals surface area contributed by atoms with Gasteiger partial charge in [0.05, 0.1) is 6.54 Å². The lowest BCUT2D eigenvalue weighted by Crippen LogP contribution is -2.45. The fourth-order valence-corrected chi connectivity index (χ4v) is 2.43. The number of anilines is 1. The number of oxazole rings is 1. The Morgan fingerprint density at radius 2 is 2.27 bits per heavy atom. The Labute approximate surface area is 127 Å². The lowest BCUT2D eigenvalue weighted by Gasteiger charge is -2.23. The van der Waals surface area contributed by atoms with Crippen LogP contribution in [0.5, 0.6) is 0 Å². The predicted molar refractivity (Wildman–Crippen MR) is 77.4 cm³/mol. The van der Waals surface area contributed by atoms with Crippen molar-refractivity contribution in [3.63, 3.8) is 0 Å². The van der Waals surface area contributed by atoms with E-state index in [1.165, 1.54) is 6.26 Å². The number of nitrogens with one attached hydrogen (secondary N) is 1. The van der Waals surface area contributed by atoms with Gasteiger partial charge in [0.2, 0.25) is 5.95 Å². The average molecular weight is 303 g/mol. The van der Waals surface area contributed by atoms with Crippen LogP contribution >= 0.6 is 0 Å². The molecule has 1 amide bonds. The number of carbonyl (C=O) groups excluding carboxylic acids is 1. The van der Waals surface area contributed by atoms with Crippen LogP contribution in [0.4, 0.5) is 5.95 Å². The molecule has 8 nitrogen and oxygen atoms in total. The topological polar surface area (TPSA) is 104 Å². The van der Waals surface area contributed by atoms with Crippen molar-refractivity contribution in [1.29, 1.82) is 0 Å². The van der Waals surface area contributed by atoms with Crippen molar-refractivity contribution in [2.75, 3.05) is 24.5 Å². The number of aliphatic hydroxyl groups is 1. The molecule has 2 N–H and O–H groups in total. The van der Waals surface area contributed by atoms with Gasteiger partial charge in [-0.2, -0.15) is 0 Å². The maximum Gasteiger partial charge on any atom is 0.273 e. The van der Waals surface area contributed by atoms with Crippen LogP contribution < -0.4 is 10.2 Å². The van der Waals surface area contributed by atoms with E-state index in [4.69, 9.17) is 4.42 Å². The summed E-state index contributed by atoms with van der Waals surface area (Å²) in [4.78, 5) is 26.1. The summed E-state index contributed by atoms with van der Waals surface area (Å²) in [6.45, 7) is 2.81. The quantitative estimate of drug-likeness (QED) is 0.828. The van der Waals surface area contributed by atoms with Crippen LogP contribution in [0.1, 0.15) is 22.8 Å². The number of nitrogens with zero attached hydrogens (tertiary/aromatic N) is 4. The number of β-amino-alcohol motifs (C(OH)–C–C–N with tert-alkyl or cyclic N) is 1. The van der Waals surface area contributed by atoms with Gasteiger partial charge in [0, 0.05) is 32.4 Å². The van der Waals surface area contributed by atoms with Crippen LogP contribution in [0.2, 0.25) is 0 Å². The standard InChI is InChI=1S/C14H17N5O3/c1-10-18-11(7-22-10)12(20)17-8-14(21)3-6-19(9-14)13-15-4-2-5-16-13/h2,4-5,7,21H,3,6,8-9H2,1H3,(H,17,20)/t14-/m1/s1. The molecule has 116 valence electrons. The van der Waals surface area contributed by atoms with Gasteiger partial charge in [-0.3, -0.25) is 4.79 Å². The number of amides is 1. The van der Waals surface area contributed by atoms with Gasteiger partial charge in [-0.05, 0) is 12.5 Å². The third kappa shape index (κ3) is 3.06. The van der Waals surface area contributed by atoms with Crippen LogP contribution in [0.25, 0.3) is 0 Å². The Balaban J connectivity index is 1.58. The van der Waals surface area contributed by atoms with E-state index in [-0.39, 0.29) is 18.1 Å². The molecule has 0 bridgehead atoms. The Hall–Kier alpha value is -2.48. The first-order valence-corrected chi connectivity index (χ1v) is 7.00. The summed E-state index contributed by atoms with van der Waals surface area (Å²) in [7, 11) is 0. The molecule has 0 radical (unpaired) electrons. The molecule has 3 rings (SSSR count). The summed E-state index contributed by atoms with van der Waals surface area (Å²) in [5.41, 5.74) is -0.796. The third-order valence-corrected chi connectivity index (χ3v) is 3.60. The van der Waals surface area contributed by atoms with Crippen LogP contribution in [0.3, 0.4) is 0 Å². The molecule has 0 aromatic carbocycles. The molecule has 0 unspecified atom stereocenters. The van der Waals surface area contributed by atoms with E-state index in [9.17, 15) is 9.90 Å². The van der Waals surface area contributed by atoms with Gasteiger partial charge in [0.15, 0.2) is 11.6 Å². The van der Waals surface area contributed by atoms with Gasteiger partial charge in [0.1, 0.15) is 11.9 Å². The first-order chi connectivity index (χ1) is 10.6. The molecule has 1 aliphatic rings. The lowest BCUT2D eigenvalue weighted by atomic mass is 10.0. The molecular weight excluding hydrogens is 286 g/mol. The zero-order chi connectivity index (χ0) is 15.6. The second-order valence-electron chi connectivity index (χ2n) is 5.38. The SMILES string of the molecule is Cc1nc(C(=O)NC[C@]2(O)CCN(c3ncccn3)C2)co1. The zero-order valence-electron chi connectivity index (χ0n) is 12.2. The first-order valence-electron chi connectivity index (χ1n) is 7.00. The Kier molecular flexibility index (Phi) is 3.76. The van der Waals surface area contributed by atoms with E-state index in [1.54, 1.807) is 25.4 Å². The number of hydrogen-bond donors (Lipinski definition) is 2. The normalized spacial score (nSPS) is 21.1. The molecule has 1 fully saturated rings. The molecule has 0 aliphatic carbocycles. The van der Waals surface area contributed by atoms with Gasteiger partial charge in [-0.1, -0.05) is 0 Å². The van der Waals surface area contributed by atoms with Crippen molar-refractivity contribution in [3.05, 3.63) is 36.3 Å². The highest BCUT2D eigenvalue weighted by atomic mass is 16.3. The van der Waals surface area contributed by atoms with Crippen LogP contribution in [0, 0.1) is 6.92 Å². The van der Waals surface area contributed by atoms with Crippen molar-refractivity contribution < 1.29 is 14.3 Å². The number of rotatable bonds is 4. The smallest absolute Gasteiger partial charge is 0.273 e. The molecule has 8 heteroatoms. The van der Waals surface area contributed by atoms with Gasteiger partial charge in [-0.25, -0.2) is 15.0 Å². The molecule has 22 heavy (non-hydrogen) atoms. The maximum atomic E-state index is 11.9. The minimum absolute atomic E-state index is 0.140. The highest BCUT2D eigenvalue weighted by Crippen LogP contribution is 2.23. The Bertz CT molecular complexity index is 660. The number of aromatic nitrogens is 3. The molecule has 1 aliphatic heterocycles. The van der Waals surface area contributed by atoms with Gasteiger partial charge >= 0.3 is 0 Å². The maximum absolute atomic E-state index is 11.9. The van der Waals surface area contributed by atoms with E-state index < -0.39 is 5.60 Å². The molecule has 1 atom stereocenters. The van der Waals surface area contributed by atoms with Gasteiger partial charge in [-0.15, -0.1) is 0 Å². The van der Waals surface area contributed by atoms with Crippen LogP contribution in [-0.2, 0) is 0 Å². The highest BCUT2D eigenvalue weighted by Gasteiger charge is 2.37. The molecule has 2 aromatic rings. The van der Waals surface area contributed by atoms with Crippen molar-refractivity contribution in [2.24, 2.45) is 0 Å². The summed E-state index contributed by atoms with van der Waals surface area (Å²) >= 11 is 0. The molecule has 3 heterocycles. The molecular formula is C14H17N5O3. The molecule has 0 spiro atoms. The van der Waals surface area contributed by atoms with Crippen LogP contribution in [-0.4, -0.2) is 51.2 Å². The van der Waals surface area contributed by atoms with Crippen molar-refractivity contribution in [2.45, 2.75) is 18.9 Å². The fourth-order valence-electron chi connectivity index (χ4n) is 2.43. The largest absolute Gasteiger partial charge is 0.448 e. The predicted octanol–water partition coefficient (Wildman–Crippen LogP) is 0.144. The molecule has 1 saturated heterocycles. The lowest BCUT2D eigenvalue weighted by molar-refractivity contribution is 0.0573.